The van der Waals surface area contributed by atoms with Gasteiger partial charge in [-0.3, -0.25) is 9.78 Å². The van der Waals surface area contributed by atoms with Crippen molar-refractivity contribution in [1.29, 1.82) is 0 Å². The topological polar surface area (TPSA) is 42.0 Å². The van der Waals surface area contributed by atoms with Crippen molar-refractivity contribution >= 4 is 22.4 Å². The molecule has 1 saturated carbocycles. The van der Waals surface area contributed by atoms with Crippen molar-refractivity contribution in [3.63, 3.8) is 0 Å². The Hall–Kier alpha value is -2.68. The lowest BCUT2D eigenvalue weighted by atomic mass is 10.1. The Bertz CT molecular complexity index is 844. The number of carbonyl (C=O) groups is 1. The van der Waals surface area contributed by atoms with Crippen molar-refractivity contribution in [3.05, 3.63) is 72.6 Å². The normalized spacial score (nSPS) is 19.5. The summed E-state index contributed by atoms with van der Waals surface area (Å²) in [4.78, 5) is 16.4. The van der Waals surface area contributed by atoms with E-state index >= 15 is 0 Å². The van der Waals surface area contributed by atoms with Crippen LogP contribution in [0.4, 0.5) is 5.69 Å². The van der Waals surface area contributed by atoms with E-state index in [0.29, 0.717) is 18.3 Å². The van der Waals surface area contributed by atoms with E-state index in [9.17, 15) is 4.79 Å². The molecule has 0 bridgehead atoms. The number of hydrogen-bond acceptors (Lipinski definition) is 2. The predicted molar refractivity (Wildman–Crippen MR) is 92.3 cm³/mol. The fourth-order valence-electron chi connectivity index (χ4n) is 3.19. The van der Waals surface area contributed by atoms with E-state index in [-0.39, 0.29) is 5.91 Å². The molecule has 1 aliphatic rings. The van der Waals surface area contributed by atoms with E-state index in [1.54, 1.807) is 6.20 Å². The van der Waals surface area contributed by atoms with Crippen molar-refractivity contribution in [3.8, 4) is 0 Å². The number of nitrogens with zero attached hydrogens (tertiary/aromatic N) is 1. The first-order valence-electron chi connectivity index (χ1n) is 7.98. The summed E-state index contributed by atoms with van der Waals surface area (Å²) in [5.74, 6) is 1.12. The zero-order chi connectivity index (χ0) is 15.6. The number of hydrogen-bond donors (Lipinski definition) is 1. The molecule has 3 nitrogen and oxygen atoms in total. The van der Waals surface area contributed by atoms with Gasteiger partial charge < -0.3 is 5.32 Å². The maximum atomic E-state index is 12.3. The molecule has 1 aromatic heterocycles. The van der Waals surface area contributed by atoms with E-state index in [2.05, 4.69) is 34.6 Å². The number of pyridine rings is 1. The average molecular weight is 302 g/mol. The summed E-state index contributed by atoms with van der Waals surface area (Å²) in [5, 5.41) is 5.19. The molecule has 2 unspecified atom stereocenters. The van der Waals surface area contributed by atoms with E-state index in [4.69, 9.17) is 0 Å². The van der Waals surface area contributed by atoms with Crippen LogP contribution in [0.2, 0.25) is 0 Å². The summed E-state index contributed by atoms with van der Waals surface area (Å²) in [5.41, 5.74) is 2.20. The largest absolute Gasteiger partial charge is 0.326 e. The molecule has 1 aliphatic carbocycles. The highest BCUT2D eigenvalue weighted by Gasteiger charge is 2.39. The number of carbonyl (C=O) groups excluding carboxylic acids is 1. The fourth-order valence-corrected chi connectivity index (χ4v) is 3.19. The summed E-state index contributed by atoms with van der Waals surface area (Å²) < 4.78 is 0. The molecular weight excluding hydrogens is 284 g/mol. The van der Waals surface area contributed by atoms with Crippen LogP contribution in [0.1, 0.15) is 24.3 Å². The van der Waals surface area contributed by atoms with E-state index in [0.717, 1.165) is 22.9 Å². The van der Waals surface area contributed by atoms with Crippen LogP contribution >= 0.6 is 0 Å². The van der Waals surface area contributed by atoms with Gasteiger partial charge in [0.15, 0.2) is 0 Å². The smallest absolute Gasteiger partial charge is 0.224 e. The van der Waals surface area contributed by atoms with Gasteiger partial charge in [0, 0.05) is 29.9 Å². The van der Waals surface area contributed by atoms with Gasteiger partial charge in [0.25, 0.3) is 0 Å². The summed E-state index contributed by atoms with van der Waals surface area (Å²) in [6, 6.07) is 18.3. The highest BCUT2D eigenvalue weighted by molar-refractivity contribution is 5.94. The Morgan fingerprint density at radius 2 is 1.96 bits per heavy atom. The third kappa shape index (κ3) is 3.09. The Morgan fingerprint density at radius 3 is 2.83 bits per heavy atom. The minimum absolute atomic E-state index is 0.0989. The molecule has 23 heavy (non-hydrogen) atoms. The second-order valence-corrected chi connectivity index (χ2v) is 6.20. The number of anilines is 1. The van der Waals surface area contributed by atoms with Crippen LogP contribution in [0.15, 0.2) is 67.0 Å². The molecule has 3 heteroatoms. The molecule has 1 N–H and O–H groups in total. The predicted octanol–water partition coefficient (Wildman–Crippen LogP) is 4.37. The fraction of sp³-hybridized carbons (Fsp3) is 0.200. The zero-order valence-electron chi connectivity index (χ0n) is 12.8. The molecule has 1 heterocycles. The lowest BCUT2D eigenvalue weighted by molar-refractivity contribution is -0.116. The highest BCUT2D eigenvalue weighted by Crippen LogP contribution is 2.49. The van der Waals surface area contributed by atoms with Crippen molar-refractivity contribution in [2.24, 2.45) is 5.92 Å². The third-order valence-electron chi connectivity index (χ3n) is 4.52. The van der Waals surface area contributed by atoms with Crippen LogP contribution in [-0.4, -0.2) is 10.9 Å². The first-order valence-corrected chi connectivity index (χ1v) is 7.98. The lowest BCUT2D eigenvalue weighted by Crippen LogP contribution is -2.12. The van der Waals surface area contributed by atoms with Crippen LogP contribution in [0.25, 0.3) is 10.8 Å². The molecule has 2 atom stereocenters. The monoisotopic (exact) mass is 302 g/mol. The first kappa shape index (κ1) is 13.9. The minimum Gasteiger partial charge on any atom is -0.326 e. The summed E-state index contributed by atoms with van der Waals surface area (Å²) in [6.45, 7) is 0. The molecule has 0 radical (unpaired) electrons. The Balaban J connectivity index is 1.38. The van der Waals surface area contributed by atoms with Gasteiger partial charge in [-0.1, -0.05) is 36.4 Å². The molecule has 2 aromatic carbocycles. The number of amides is 1. The molecule has 1 amide bonds. The molecule has 114 valence electrons. The van der Waals surface area contributed by atoms with Crippen molar-refractivity contribution in [2.45, 2.75) is 18.8 Å². The Morgan fingerprint density at radius 1 is 1.09 bits per heavy atom. The molecule has 1 fully saturated rings. The quantitative estimate of drug-likeness (QED) is 0.777. The van der Waals surface area contributed by atoms with Gasteiger partial charge in [0.05, 0.1) is 0 Å². The average Bonchev–Trinajstić information content (AvgIpc) is 3.34. The molecule has 3 aromatic rings. The van der Waals surface area contributed by atoms with Gasteiger partial charge in [-0.2, -0.15) is 0 Å². The standard InChI is InChI=1S/C20H18N2O/c23-20(12-17-11-19(17)14-4-2-1-3-5-14)22-18-7-6-16-13-21-9-8-15(16)10-18/h1-10,13,17,19H,11-12H2,(H,22,23). The van der Waals surface area contributed by atoms with Gasteiger partial charge in [0.2, 0.25) is 5.91 Å². The van der Waals surface area contributed by atoms with Crippen LogP contribution < -0.4 is 5.32 Å². The van der Waals surface area contributed by atoms with E-state index < -0.39 is 0 Å². The van der Waals surface area contributed by atoms with Crippen molar-refractivity contribution in [2.75, 3.05) is 5.32 Å². The van der Waals surface area contributed by atoms with Crippen LogP contribution in [0.3, 0.4) is 0 Å². The Labute approximate surface area is 135 Å². The van der Waals surface area contributed by atoms with Gasteiger partial charge in [0.1, 0.15) is 0 Å². The maximum absolute atomic E-state index is 12.3. The number of benzene rings is 2. The van der Waals surface area contributed by atoms with Crippen molar-refractivity contribution in [1.82, 2.24) is 4.98 Å². The maximum Gasteiger partial charge on any atom is 0.224 e. The van der Waals surface area contributed by atoms with Crippen LogP contribution in [0, 0.1) is 5.92 Å². The number of nitrogens with one attached hydrogen (secondary N) is 1. The first-order chi connectivity index (χ1) is 11.3. The van der Waals surface area contributed by atoms with Gasteiger partial charge >= 0.3 is 0 Å². The van der Waals surface area contributed by atoms with Crippen LogP contribution in [-0.2, 0) is 4.79 Å². The molecule has 0 spiro atoms. The van der Waals surface area contributed by atoms with E-state index in [1.165, 1.54) is 5.56 Å². The number of aromatic nitrogens is 1. The highest BCUT2D eigenvalue weighted by atomic mass is 16.1. The summed E-state index contributed by atoms with van der Waals surface area (Å²) in [6.07, 6.45) is 5.30. The molecule has 0 aliphatic heterocycles. The van der Waals surface area contributed by atoms with Gasteiger partial charge in [-0.05, 0) is 47.4 Å². The lowest BCUT2D eigenvalue weighted by Gasteiger charge is -2.06. The second kappa shape index (κ2) is 5.84. The molecule has 4 rings (SSSR count). The molecular formula is C20H18N2O. The van der Waals surface area contributed by atoms with Gasteiger partial charge in [-0.25, -0.2) is 0 Å². The van der Waals surface area contributed by atoms with E-state index in [1.807, 2.05) is 36.5 Å². The summed E-state index contributed by atoms with van der Waals surface area (Å²) in [7, 11) is 0. The second-order valence-electron chi connectivity index (χ2n) is 6.20. The number of rotatable bonds is 4. The van der Waals surface area contributed by atoms with Crippen molar-refractivity contribution < 1.29 is 4.79 Å². The SMILES string of the molecule is O=C(CC1CC1c1ccccc1)Nc1ccc2cnccc2c1. The Kier molecular flexibility index (Phi) is 3.54. The van der Waals surface area contributed by atoms with Crippen LogP contribution in [0.5, 0.6) is 0 Å². The zero-order valence-corrected chi connectivity index (χ0v) is 12.8. The minimum atomic E-state index is 0.0989. The third-order valence-corrected chi connectivity index (χ3v) is 4.52. The molecule has 0 saturated heterocycles. The van der Waals surface area contributed by atoms with Gasteiger partial charge in [-0.15, -0.1) is 0 Å². The number of fused-ring (bicyclic) bond motifs is 1. The summed E-state index contributed by atoms with van der Waals surface area (Å²) >= 11 is 0.